The minimum atomic E-state index is -0.00119. The molecule has 1 atom stereocenters. The van der Waals surface area contributed by atoms with Crippen LogP contribution < -0.4 is 5.32 Å². The van der Waals surface area contributed by atoms with Gasteiger partial charge in [0.25, 0.3) is 0 Å². The summed E-state index contributed by atoms with van der Waals surface area (Å²) >= 11 is 0. The van der Waals surface area contributed by atoms with E-state index in [0.29, 0.717) is 0 Å². The highest BCUT2D eigenvalue weighted by Gasteiger charge is 2.28. The number of rotatable bonds is 3. The first-order valence-corrected chi connectivity index (χ1v) is 9.03. The van der Waals surface area contributed by atoms with Gasteiger partial charge in [-0.15, -0.1) is 0 Å². The molecule has 0 unspecified atom stereocenters. The Morgan fingerprint density at radius 3 is 2.37 bits per heavy atom. The zero-order valence-corrected chi connectivity index (χ0v) is 15.0. The van der Waals surface area contributed by atoms with E-state index in [1.807, 2.05) is 24.3 Å². The van der Waals surface area contributed by atoms with Gasteiger partial charge in [-0.25, -0.2) is 4.68 Å². The van der Waals surface area contributed by atoms with Gasteiger partial charge in [-0.1, -0.05) is 60.7 Å². The lowest BCUT2D eigenvalue weighted by molar-refractivity contribution is 0.547. The van der Waals surface area contributed by atoms with Crippen LogP contribution in [0.15, 0.2) is 89.6 Å². The van der Waals surface area contributed by atoms with Crippen LogP contribution >= 0.6 is 0 Å². The number of nitrogens with zero attached hydrogens (tertiary/aromatic N) is 2. The molecule has 2 aromatic carbocycles. The normalized spacial score (nSPS) is 15.7. The molecule has 1 N–H and O–H groups in total. The molecule has 4 aromatic rings. The lowest BCUT2D eigenvalue weighted by Gasteiger charge is -2.25. The molecule has 1 aliphatic heterocycles. The molecule has 0 fully saturated rings. The first-order chi connectivity index (χ1) is 13.3. The third kappa shape index (κ3) is 2.66. The van der Waals surface area contributed by atoms with Crippen molar-refractivity contribution in [2.45, 2.75) is 13.0 Å². The summed E-state index contributed by atoms with van der Waals surface area (Å²) in [5, 5.41) is 8.43. The van der Waals surface area contributed by atoms with Crippen LogP contribution in [0.25, 0.3) is 16.8 Å². The van der Waals surface area contributed by atoms with Crippen LogP contribution in [0.2, 0.25) is 0 Å². The molecule has 0 radical (unpaired) electrons. The van der Waals surface area contributed by atoms with Crippen LogP contribution in [-0.4, -0.2) is 9.78 Å². The van der Waals surface area contributed by atoms with Crippen LogP contribution in [0.3, 0.4) is 0 Å². The summed E-state index contributed by atoms with van der Waals surface area (Å²) in [6.45, 7) is 2.06. The van der Waals surface area contributed by atoms with Crippen molar-refractivity contribution in [2.75, 3.05) is 5.32 Å². The number of hydrogen-bond acceptors (Lipinski definition) is 3. The van der Waals surface area contributed by atoms with Crippen LogP contribution in [0.5, 0.6) is 0 Å². The van der Waals surface area contributed by atoms with E-state index in [9.17, 15) is 0 Å². The highest BCUT2D eigenvalue weighted by atomic mass is 16.3. The second kappa shape index (κ2) is 6.32. The Kier molecular flexibility index (Phi) is 3.68. The van der Waals surface area contributed by atoms with Gasteiger partial charge in [0.2, 0.25) is 0 Å². The number of anilines is 1. The van der Waals surface area contributed by atoms with Gasteiger partial charge in [-0.2, -0.15) is 5.10 Å². The Morgan fingerprint density at radius 1 is 0.926 bits per heavy atom. The molecular formula is C23H19N3O. The van der Waals surface area contributed by atoms with E-state index in [2.05, 4.69) is 71.5 Å². The number of benzene rings is 2. The third-order valence-corrected chi connectivity index (χ3v) is 4.92. The number of aromatic nitrogens is 2. The Bertz CT molecular complexity index is 1090. The zero-order valence-electron chi connectivity index (χ0n) is 15.0. The number of hydrogen-bond donors (Lipinski definition) is 1. The summed E-state index contributed by atoms with van der Waals surface area (Å²) in [5.41, 5.74) is 5.41. The van der Waals surface area contributed by atoms with Crippen LogP contribution in [-0.2, 0) is 0 Å². The summed E-state index contributed by atoms with van der Waals surface area (Å²) in [4.78, 5) is 0. The fourth-order valence-electron chi connectivity index (χ4n) is 3.68. The molecule has 0 spiro atoms. The van der Waals surface area contributed by atoms with E-state index in [-0.39, 0.29) is 6.04 Å². The monoisotopic (exact) mass is 353 g/mol. The first kappa shape index (κ1) is 15.7. The van der Waals surface area contributed by atoms with E-state index in [1.54, 1.807) is 6.26 Å². The molecule has 0 saturated heterocycles. The van der Waals surface area contributed by atoms with Gasteiger partial charge in [0.1, 0.15) is 11.6 Å². The predicted molar refractivity (Wildman–Crippen MR) is 107 cm³/mol. The average molecular weight is 353 g/mol. The Balaban J connectivity index is 1.72. The van der Waals surface area contributed by atoms with Gasteiger partial charge in [0, 0.05) is 5.56 Å². The fourth-order valence-corrected chi connectivity index (χ4v) is 3.68. The minimum Gasteiger partial charge on any atom is -0.463 e. The number of nitrogens with one attached hydrogen (secondary N) is 1. The molecule has 27 heavy (non-hydrogen) atoms. The van der Waals surface area contributed by atoms with Crippen LogP contribution in [0, 0.1) is 6.92 Å². The number of fused-ring (bicyclic) bond motifs is 1. The Hall–Kier alpha value is -3.53. The van der Waals surface area contributed by atoms with Crippen molar-refractivity contribution in [1.82, 2.24) is 9.78 Å². The maximum absolute atomic E-state index is 5.66. The third-order valence-electron chi connectivity index (χ3n) is 4.92. The summed E-state index contributed by atoms with van der Waals surface area (Å²) < 4.78 is 7.73. The average Bonchev–Trinajstić information content (AvgIpc) is 3.36. The molecule has 0 bridgehead atoms. The van der Waals surface area contributed by atoms with Crippen molar-refractivity contribution in [1.29, 1.82) is 0 Å². The smallest absolute Gasteiger partial charge is 0.149 e. The van der Waals surface area contributed by atoms with Crippen molar-refractivity contribution < 1.29 is 4.42 Å². The maximum atomic E-state index is 5.66. The highest BCUT2D eigenvalue weighted by molar-refractivity contribution is 5.86. The SMILES string of the molecule is Cc1nn2c(c1-c1ccccc1)NC(c1ccco1)=C[C@H]2c1ccccc1. The second-order valence-corrected chi connectivity index (χ2v) is 6.66. The van der Waals surface area contributed by atoms with Crippen molar-refractivity contribution in [2.24, 2.45) is 0 Å². The van der Waals surface area contributed by atoms with Crippen molar-refractivity contribution in [3.05, 3.63) is 102 Å². The lowest BCUT2D eigenvalue weighted by atomic mass is 10.0. The first-order valence-electron chi connectivity index (χ1n) is 9.03. The van der Waals surface area contributed by atoms with Gasteiger partial charge in [0.05, 0.1) is 23.7 Å². The summed E-state index contributed by atoms with van der Waals surface area (Å²) in [5.74, 6) is 1.81. The highest BCUT2D eigenvalue weighted by Crippen LogP contribution is 2.40. The van der Waals surface area contributed by atoms with Gasteiger partial charge >= 0.3 is 0 Å². The molecule has 0 saturated carbocycles. The summed E-state index contributed by atoms with van der Waals surface area (Å²) in [6, 6.07) is 24.7. The molecule has 0 amide bonds. The van der Waals surface area contributed by atoms with Gasteiger partial charge in [-0.05, 0) is 36.3 Å². The molecule has 4 heteroatoms. The zero-order chi connectivity index (χ0) is 18.2. The Morgan fingerprint density at radius 2 is 1.67 bits per heavy atom. The maximum Gasteiger partial charge on any atom is 0.149 e. The van der Waals surface area contributed by atoms with Crippen molar-refractivity contribution in [3.8, 4) is 11.1 Å². The topological polar surface area (TPSA) is 43.0 Å². The van der Waals surface area contributed by atoms with Gasteiger partial charge in [-0.3, -0.25) is 0 Å². The van der Waals surface area contributed by atoms with E-state index < -0.39 is 0 Å². The van der Waals surface area contributed by atoms with Gasteiger partial charge in [0.15, 0.2) is 0 Å². The molecule has 2 aromatic heterocycles. The molecule has 4 nitrogen and oxygen atoms in total. The minimum absolute atomic E-state index is 0.00119. The van der Waals surface area contributed by atoms with Gasteiger partial charge < -0.3 is 9.73 Å². The molecular weight excluding hydrogens is 334 g/mol. The largest absolute Gasteiger partial charge is 0.463 e. The lowest BCUT2D eigenvalue weighted by Crippen LogP contribution is -2.19. The molecule has 3 heterocycles. The standard InChI is InChI=1S/C23H19N3O/c1-16-22(18-11-6-3-7-12-18)23-24-19(21-13-8-14-27-21)15-20(26(23)25-16)17-9-4-2-5-10-17/h2-15,20,24H,1H3/t20-/m0/s1. The summed E-state index contributed by atoms with van der Waals surface area (Å²) in [6.07, 6.45) is 3.87. The van der Waals surface area contributed by atoms with E-state index in [4.69, 9.17) is 9.52 Å². The number of aryl methyl sites for hydroxylation is 1. The molecule has 5 rings (SSSR count). The Labute approximate surface area is 157 Å². The number of allylic oxidation sites excluding steroid dienone is 1. The molecule has 0 aliphatic carbocycles. The van der Waals surface area contributed by atoms with E-state index in [1.165, 1.54) is 5.56 Å². The second-order valence-electron chi connectivity index (χ2n) is 6.66. The quantitative estimate of drug-likeness (QED) is 0.528. The van der Waals surface area contributed by atoms with Crippen LogP contribution in [0.4, 0.5) is 5.82 Å². The van der Waals surface area contributed by atoms with E-state index >= 15 is 0 Å². The molecule has 1 aliphatic rings. The van der Waals surface area contributed by atoms with E-state index in [0.717, 1.165) is 34.1 Å². The van der Waals surface area contributed by atoms with Crippen molar-refractivity contribution in [3.63, 3.8) is 0 Å². The number of furan rings is 1. The fraction of sp³-hybridized carbons (Fsp3) is 0.0870. The van der Waals surface area contributed by atoms with Crippen molar-refractivity contribution >= 4 is 11.5 Å². The predicted octanol–water partition coefficient (Wildman–Crippen LogP) is 5.51. The van der Waals surface area contributed by atoms with Crippen LogP contribution in [0.1, 0.15) is 23.1 Å². The molecule has 132 valence electrons. The summed E-state index contributed by atoms with van der Waals surface area (Å²) in [7, 11) is 0.